The van der Waals surface area contributed by atoms with Crippen LogP contribution in [0.4, 0.5) is 8.78 Å². The Labute approximate surface area is 175 Å². The van der Waals surface area contributed by atoms with Gasteiger partial charge in [0.05, 0.1) is 6.04 Å². The van der Waals surface area contributed by atoms with Gasteiger partial charge in [0.2, 0.25) is 5.89 Å². The Morgan fingerprint density at radius 1 is 1.26 bits per heavy atom. The van der Waals surface area contributed by atoms with E-state index in [-0.39, 0.29) is 42.0 Å². The van der Waals surface area contributed by atoms with Crippen molar-refractivity contribution < 1.29 is 13.3 Å². The number of hydrogen-bond donors (Lipinski definition) is 2. The molecule has 0 spiro atoms. The first-order valence-corrected chi connectivity index (χ1v) is 8.53. The zero-order valence-corrected chi connectivity index (χ0v) is 18.5. The number of nitrogens with one attached hydrogen (secondary N) is 2. The molecule has 0 saturated heterocycles. The van der Waals surface area contributed by atoms with Crippen molar-refractivity contribution in [1.29, 1.82) is 0 Å². The smallest absolute Gasteiger partial charge is 0.232 e. The summed E-state index contributed by atoms with van der Waals surface area (Å²) in [7, 11) is 0. The molecule has 1 heterocycles. The van der Waals surface area contributed by atoms with Crippen LogP contribution in [0, 0.1) is 11.6 Å². The lowest BCUT2D eigenvalue weighted by molar-refractivity contribution is 0.318. The van der Waals surface area contributed by atoms with Crippen molar-refractivity contribution in [2.75, 3.05) is 6.54 Å². The van der Waals surface area contributed by atoms with E-state index in [1.165, 1.54) is 12.1 Å². The fourth-order valence-electron chi connectivity index (χ4n) is 2.16. The van der Waals surface area contributed by atoms with Crippen LogP contribution in [0.5, 0.6) is 0 Å². The van der Waals surface area contributed by atoms with Crippen molar-refractivity contribution in [3.63, 3.8) is 0 Å². The van der Waals surface area contributed by atoms with Gasteiger partial charge in [-0.25, -0.2) is 13.8 Å². The predicted octanol–water partition coefficient (Wildman–Crippen LogP) is 4.08. The van der Waals surface area contributed by atoms with Gasteiger partial charge in [0, 0.05) is 12.0 Å². The number of rotatable bonds is 5. The molecule has 0 amide bonds. The van der Waals surface area contributed by atoms with E-state index < -0.39 is 11.6 Å². The molecule has 2 aromatic rings. The molecule has 0 aliphatic heterocycles. The largest absolute Gasteiger partial charge is 0.357 e. The maximum absolute atomic E-state index is 13.4. The summed E-state index contributed by atoms with van der Waals surface area (Å²) in [6.07, 6.45) is 0. The van der Waals surface area contributed by atoms with E-state index in [1.807, 2.05) is 34.6 Å². The molecule has 150 valence electrons. The molecule has 2 rings (SSSR count). The van der Waals surface area contributed by atoms with Crippen LogP contribution in [-0.4, -0.2) is 22.6 Å². The quantitative estimate of drug-likeness (QED) is 0.373. The minimum absolute atomic E-state index is 0. The fraction of sp³-hybridized carbons (Fsp3) is 0.500. The average molecular weight is 493 g/mol. The second kappa shape index (κ2) is 9.95. The van der Waals surface area contributed by atoms with Crippen LogP contribution in [0.1, 0.15) is 57.9 Å². The third kappa shape index (κ3) is 6.71. The first kappa shape index (κ1) is 23.3. The fourth-order valence-corrected chi connectivity index (χ4v) is 2.16. The van der Waals surface area contributed by atoms with Gasteiger partial charge in [-0.05, 0) is 31.5 Å². The molecule has 9 heteroatoms. The number of halogens is 3. The minimum Gasteiger partial charge on any atom is -0.357 e. The molecule has 1 aromatic heterocycles. The number of guanidine groups is 1. The van der Waals surface area contributed by atoms with E-state index in [0.29, 0.717) is 29.8 Å². The van der Waals surface area contributed by atoms with Crippen LogP contribution in [0.2, 0.25) is 0 Å². The third-order valence-electron chi connectivity index (χ3n) is 3.63. The molecule has 27 heavy (non-hydrogen) atoms. The van der Waals surface area contributed by atoms with Crippen LogP contribution < -0.4 is 10.6 Å². The highest BCUT2D eigenvalue weighted by molar-refractivity contribution is 14.0. The summed E-state index contributed by atoms with van der Waals surface area (Å²) in [5.41, 5.74) is 0.392. The highest BCUT2D eigenvalue weighted by Gasteiger charge is 2.21. The van der Waals surface area contributed by atoms with Crippen molar-refractivity contribution in [2.24, 2.45) is 4.99 Å². The lowest BCUT2D eigenvalue weighted by atomic mass is 9.97. The summed E-state index contributed by atoms with van der Waals surface area (Å²) in [6.45, 7) is 10.6. The first-order chi connectivity index (χ1) is 12.2. The van der Waals surface area contributed by atoms with Gasteiger partial charge < -0.3 is 15.2 Å². The molecule has 0 aliphatic carbocycles. The molecule has 1 unspecified atom stereocenters. The van der Waals surface area contributed by atoms with Gasteiger partial charge in [-0.3, -0.25) is 0 Å². The molecule has 1 atom stereocenters. The normalized spacial score (nSPS) is 13.1. The van der Waals surface area contributed by atoms with Crippen LogP contribution in [-0.2, 0) is 12.0 Å². The number of benzene rings is 1. The highest BCUT2D eigenvalue weighted by Crippen LogP contribution is 2.20. The van der Waals surface area contributed by atoms with Gasteiger partial charge in [0.25, 0.3) is 0 Å². The van der Waals surface area contributed by atoms with E-state index in [2.05, 4.69) is 25.8 Å². The SMILES string of the molecule is CCNC(=NCc1noc(C(C)(C)C)n1)NC(C)c1ccc(F)c(F)c1.I. The predicted molar refractivity (Wildman–Crippen MR) is 111 cm³/mol. The molecule has 0 bridgehead atoms. The second-order valence-corrected chi connectivity index (χ2v) is 7.00. The van der Waals surface area contributed by atoms with Crippen LogP contribution in [0.15, 0.2) is 27.7 Å². The van der Waals surface area contributed by atoms with Crippen molar-refractivity contribution >= 4 is 29.9 Å². The number of hydrogen-bond acceptors (Lipinski definition) is 4. The van der Waals surface area contributed by atoms with E-state index in [9.17, 15) is 8.78 Å². The maximum Gasteiger partial charge on any atom is 0.232 e. The maximum atomic E-state index is 13.4. The van der Waals surface area contributed by atoms with E-state index >= 15 is 0 Å². The van der Waals surface area contributed by atoms with Gasteiger partial charge in [0.1, 0.15) is 6.54 Å². The number of nitrogens with zero attached hydrogens (tertiary/aromatic N) is 3. The van der Waals surface area contributed by atoms with E-state index in [1.54, 1.807) is 0 Å². The van der Waals surface area contributed by atoms with Crippen LogP contribution >= 0.6 is 24.0 Å². The van der Waals surface area contributed by atoms with E-state index in [0.717, 1.165) is 6.07 Å². The lowest BCUT2D eigenvalue weighted by Gasteiger charge is -2.18. The summed E-state index contributed by atoms with van der Waals surface area (Å²) >= 11 is 0. The summed E-state index contributed by atoms with van der Waals surface area (Å²) in [4.78, 5) is 8.77. The zero-order chi connectivity index (χ0) is 19.3. The zero-order valence-electron chi connectivity index (χ0n) is 16.1. The van der Waals surface area contributed by atoms with Gasteiger partial charge >= 0.3 is 0 Å². The van der Waals surface area contributed by atoms with Crippen molar-refractivity contribution in [2.45, 2.75) is 52.6 Å². The topological polar surface area (TPSA) is 75.3 Å². The van der Waals surface area contributed by atoms with E-state index in [4.69, 9.17) is 4.52 Å². The Hall–Kier alpha value is -1.78. The van der Waals surface area contributed by atoms with Crippen molar-refractivity contribution in [3.05, 3.63) is 47.1 Å². The Balaban J connectivity index is 0.00000364. The highest BCUT2D eigenvalue weighted by atomic mass is 127. The molecule has 0 fully saturated rings. The van der Waals surface area contributed by atoms with Crippen molar-refractivity contribution in [1.82, 2.24) is 20.8 Å². The minimum atomic E-state index is -0.875. The summed E-state index contributed by atoms with van der Waals surface area (Å²) in [5.74, 6) is -0.192. The Kier molecular flexibility index (Phi) is 8.58. The molecular weight excluding hydrogens is 467 g/mol. The molecular formula is C18H26F2IN5O. The van der Waals surface area contributed by atoms with Gasteiger partial charge in [-0.1, -0.05) is 32.0 Å². The van der Waals surface area contributed by atoms with Crippen LogP contribution in [0.3, 0.4) is 0 Å². The standard InChI is InChI=1S/C18H25F2N5O.HI/c1-6-21-17(22-10-15-24-16(26-25-15)18(3,4)5)23-11(2)12-7-8-13(19)14(20)9-12;/h7-9,11H,6,10H2,1-5H3,(H2,21,22,23);1H. The molecule has 1 aromatic carbocycles. The Morgan fingerprint density at radius 2 is 1.96 bits per heavy atom. The molecule has 0 radical (unpaired) electrons. The van der Waals surface area contributed by atoms with Gasteiger partial charge in [0.15, 0.2) is 23.4 Å². The Morgan fingerprint density at radius 3 is 2.52 bits per heavy atom. The molecule has 2 N–H and O–H groups in total. The first-order valence-electron chi connectivity index (χ1n) is 8.53. The molecule has 0 saturated carbocycles. The summed E-state index contributed by atoms with van der Waals surface area (Å²) in [5, 5.41) is 10.2. The second-order valence-electron chi connectivity index (χ2n) is 7.00. The molecule has 0 aliphatic rings. The summed E-state index contributed by atoms with van der Waals surface area (Å²) < 4.78 is 31.8. The number of aromatic nitrogens is 2. The third-order valence-corrected chi connectivity index (χ3v) is 3.63. The lowest BCUT2D eigenvalue weighted by Crippen LogP contribution is -2.38. The summed E-state index contributed by atoms with van der Waals surface area (Å²) in [6, 6.07) is 3.55. The van der Waals surface area contributed by atoms with Crippen molar-refractivity contribution in [3.8, 4) is 0 Å². The Bertz CT molecular complexity index is 773. The monoisotopic (exact) mass is 493 g/mol. The number of aliphatic imine (C=N–C) groups is 1. The average Bonchev–Trinajstić information content (AvgIpc) is 3.04. The van der Waals surface area contributed by atoms with Crippen LogP contribution in [0.25, 0.3) is 0 Å². The van der Waals surface area contributed by atoms with Gasteiger partial charge in [-0.15, -0.1) is 24.0 Å². The molecule has 6 nitrogen and oxygen atoms in total. The van der Waals surface area contributed by atoms with Gasteiger partial charge in [-0.2, -0.15) is 4.98 Å².